The molecule has 1 atom stereocenters. The zero-order valence-electron chi connectivity index (χ0n) is 13.1. The van der Waals surface area contributed by atoms with Crippen LogP contribution in [0.2, 0.25) is 0 Å². The quantitative estimate of drug-likeness (QED) is 0.868. The van der Waals surface area contributed by atoms with Crippen molar-refractivity contribution in [3.05, 3.63) is 45.2 Å². The topological polar surface area (TPSA) is 55.3 Å². The maximum absolute atomic E-state index is 12.7. The van der Waals surface area contributed by atoms with E-state index in [4.69, 9.17) is 4.74 Å². The van der Waals surface area contributed by atoms with E-state index in [0.717, 1.165) is 52.7 Å². The van der Waals surface area contributed by atoms with Gasteiger partial charge >= 0.3 is 0 Å². The lowest BCUT2D eigenvalue weighted by atomic mass is 10.2. The van der Waals surface area contributed by atoms with Gasteiger partial charge in [0.15, 0.2) is 0 Å². The molecule has 0 unspecified atom stereocenters. The summed E-state index contributed by atoms with van der Waals surface area (Å²) in [5, 5.41) is 0. The van der Waals surface area contributed by atoms with E-state index >= 15 is 0 Å². The lowest BCUT2D eigenvalue weighted by molar-refractivity contribution is 0.0755. The molecule has 23 heavy (non-hydrogen) atoms. The molecule has 0 aliphatic carbocycles. The number of rotatable bonds is 3. The largest absolute Gasteiger partial charge is 0.373 e. The average molecular weight is 329 g/mol. The summed E-state index contributed by atoms with van der Waals surface area (Å²) >= 11 is 1.56. The number of aryl methyl sites for hydroxylation is 1. The Morgan fingerprint density at radius 2 is 2.35 bits per heavy atom. The lowest BCUT2D eigenvalue weighted by Crippen LogP contribution is -2.24. The van der Waals surface area contributed by atoms with Gasteiger partial charge in [0.05, 0.1) is 23.2 Å². The summed E-state index contributed by atoms with van der Waals surface area (Å²) < 4.78 is 5.70. The number of amides is 1. The number of thiophene rings is 1. The molecule has 1 fully saturated rings. The Morgan fingerprint density at radius 1 is 1.43 bits per heavy atom. The van der Waals surface area contributed by atoms with Gasteiger partial charge in [-0.1, -0.05) is 6.92 Å². The van der Waals surface area contributed by atoms with Crippen LogP contribution in [0.1, 0.15) is 57.5 Å². The van der Waals surface area contributed by atoms with E-state index in [-0.39, 0.29) is 12.0 Å². The highest BCUT2D eigenvalue weighted by Gasteiger charge is 2.28. The highest BCUT2D eigenvalue weighted by Crippen LogP contribution is 2.34. The molecule has 4 heterocycles. The first kappa shape index (κ1) is 14.8. The van der Waals surface area contributed by atoms with E-state index in [9.17, 15) is 4.79 Å². The highest BCUT2D eigenvalue weighted by molar-refractivity contribution is 7.14. The standard InChI is InChI=1S/C17H19N3O2S/c1-2-16-18-8-11-9-20(10-12(11)19-16)17(21)15-6-5-14(23-15)13-4-3-7-22-13/h5-6,8,13H,2-4,7,9-10H2,1H3/t13-/m0/s1. The molecule has 120 valence electrons. The smallest absolute Gasteiger partial charge is 0.264 e. The Morgan fingerprint density at radius 3 is 3.13 bits per heavy atom. The SMILES string of the molecule is CCc1ncc2c(n1)CN(C(=O)c1ccc([C@@H]3CCCO3)s1)C2. The minimum Gasteiger partial charge on any atom is -0.373 e. The lowest BCUT2D eigenvalue weighted by Gasteiger charge is -2.13. The Labute approximate surface area is 139 Å². The summed E-state index contributed by atoms with van der Waals surface area (Å²) in [7, 11) is 0. The third kappa shape index (κ3) is 2.77. The van der Waals surface area contributed by atoms with Crippen LogP contribution >= 0.6 is 11.3 Å². The first-order valence-corrected chi connectivity index (χ1v) is 8.90. The number of fused-ring (bicyclic) bond motifs is 1. The summed E-state index contributed by atoms with van der Waals surface area (Å²) in [6.07, 6.45) is 5.01. The van der Waals surface area contributed by atoms with E-state index in [0.29, 0.717) is 13.1 Å². The predicted molar refractivity (Wildman–Crippen MR) is 87.2 cm³/mol. The number of hydrogen-bond acceptors (Lipinski definition) is 5. The summed E-state index contributed by atoms with van der Waals surface area (Å²) in [6, 6.07) is 3.96. The minimum atomic E-state index is 0.0790. The van der Waals surface area contributed by atoms with Gasteiger partial charge in [0, 0.05) is 36.2 Å². The van der Waals surface area contributed by atoms with Crippen molar-refractivity contribution in [2.24, 2.45) is 0 Å². The molecule has 2 aromatic rings. The zero-order chi connectivity index (χ0) is 15.8. The van der Waals surface area contributed by atoms with E-state index < -0.39 is 0 Å². The Balaban J connectivity index is 1.50. The van der Waals surface area contributed by atoms with Crippen molar-refractivity contribution in [3.8, 4) is 0 Å². The van der Waals surface area contributed by atoms with Crippen molar-refractivity contribution in [3.63, 3.8) is 0 Å². The molecule has 0 N–H and O–H groups in total. The summed E-state index contributed by atoms with van der Waals surface area (Å²) in [6.45, 7) is 4.05. The molecule has 0 saturated carbocycles. The normalized spacial score (nSPS) is 20.0. The van der Waals surface area contributed by atoms with Crippen LogP contribution < -0.4 is 0 Å². The number of carbonyl (C=O) groups excluding carboxylic acids is 1. The van der Waals surface area contributed by atoms with Gasteiger partial charge in [-0.2, -0.15) is 0 Å². The second-order valence-corrected chi connectivity index (χ2v) is 7.09. The van der Waals surface area contributed by atoms with Gasteiger partial charge in [0.1, 0.15) is 5.82 Å². The number of aromatic nitrogens is 2. The van der Waals surface area contributed by atoms with Crippen LogP contribution in [0.3, 0.4) is 0 Å². The molecule has 0 bridgehead atoms. The molecule has 5 nitrogen and oxygen atoms in total. The predicted octanol–water partition coefficient (Wildman–Crippen LogP) is 3.11. The van der Waals surface area contributed by atoms with Crippen molar-refractivity contribution in [2.75, 3.05) is 6.61 Å². The van der Waals surface area contributed by atoms with Crippen molar-refractivity contribution in [1.29, 1.82) is 0 Å². The van der Waals surface area contributed by atoms with Gasteiger partial charge in [-0.15, -0.1) is 11.3 Å². The van der Waals surface area contributed by atoms with Crippen LogP contribution in [-0.2, 0) is 24.2 Å². The fraction of sp³-hybridized carbons (Fsp3) is 0.471. The van der Waals surface area contributed by atoms with Crippen LogP contribution in [0.5, 0.6) is 0 Å². The number of carbonyl (C=O) groups is 1. The van der Waals surface area contributed by atoms with E-state index in [1.54, 1.807) is 11.3 Å². The first-order chi connectivity index (χ1) is 11.2. The minimum absolute atomic E-state index is 0.0790. The summed E-state index contributed by atoms with van der Waals surface area (Å²) in [4.78, 5) is 25.4. The maximum Gasteiger partial charge on any atom is 0.264 e. The van der Waals surface area contributed by atoms with Gasteiger partial charge in [-0.05, 0) is 25.0 Å². The summed E-state index contributed by atoms with van der Waals surface area (Å²) in [5.74, 6) is 0.921. The van der Waals surface area contributed by atoms with Gasteiger partial charge in [-0.25, -0.2) is 9.97 Å². The number of hydrogen-bond donors (Lipinski definition) is 0. The molecule has 0 spiro atoms. The van der Waals surface area contributed by atoms with Crippen molar-refractivity contribution >= 4 is 17.2 Å². The molecule has 2 aromatic heterocycles. The van der Waals surface area contributed by atoms with Gasteiger partial charge in [0.25, 0.3) is 5.91 Å². The third-order valence-electron chi connectivity index (χ3n) is 4.39. The molecular formula is C17H19N3O2S. The van der Waals surface area contributed by atoms with Crippen molar-refractivity contribution < 1.29 is 9.53 Å². The summed E-state index contributed by atoms with van der Waals surface area (Å²) in [5.41, 5.74) is 2.05. The van der Waals surface area contributed by atoms with Crippen molar-refractivity contribution in [1.82, 2.24) is 14.9 Å². The number of ether oxygens (including phenoxy) is 1. The highest BCUT2D eigenvalue weighted by atomic mass is 32.1. The zero-order valence-corrected chi connectivity index (χ0v) is 13.9. The molecule has 0 aromatic carbocycles. The van der Waals surface area contributed by atoms with Gasteiger partial charge in [-0.3, -0.25) is 4.79 Å². The van der Waals surface area contributed by atoms with Crippen LogP contribution in [0.25, 0.3) is 0 Å². The van der Waals surface area contributed by atoms with E-state index in [2.05, 4.69) is 9.97 Å². The number of nitrogens with zero attached hydrogens (tertiary/aromatic N) is 3. The first-order valence-electron chi connectivity index (χ1n) is 8.09. The van der Waals surface area contributed by atoms with Gasteiger partial charge in [0.2, 0.25) is 0 Å². The Kier molecular flexibility index (Phi) is 3.87. The second kappa shape index (κ2) is 6.02. The molecule has 1 amide bonds. The molecule has 0 radical (unpaired) electrons. The van der Waals surface area contributed by atoms with E-state index in [1.165, 1.54) is 0 Å². The van der Waals surface area contributed by atoms with E-state index in [1.807, 2.05) is 30.2 Å². The molecular weight excluding hydrogens is 310 g/mol. The molecule has 2 aliphatic rings. The van der Waals surface area contributed by atoms with Crippen LogP contribution in [0.15, 0.2) is 18.3 Å². The fourth-order valence-electron chi connectivity index (χ4n) is 3.11. The molecule has 1 saturated heterocycles. The monoisotopic (exact) mass is 329 g/mol. The Hall–Kier alpha value is -1.79. The van der Waals surface area contributed by atoms with Crippen LogP contribution in [-0.4, -0.2) is 27.4 Å². The maximum atomic E-state index is 12.7. The van der Waals surface area contributed by atoms with Crippen LogP contribution in [0, 0.1) is 0 Å². The molecule has 2 aliphatic heterocycles. The van der Waals surface area contributed by atoms with Gasteiger partial charge < -0.3 is 9.64 Å². The fourth-order valence-corrected chi connectivity index (χ4v) is 4.17. The average Bonchev–Trinajstić information content (AvgIpc) is 3.31. The second-order valence-electron chi connectivity index (χ2n) is 5.98. The molecule has 4 rings (SSSR count). The third-order valence-corrected chi connectivity index (χ3v) is 5.56. The van der Waals surface area contributed by atoms with Crippen molar-refractivity contribution in [2.45, 2.75) is 45.4 Å². The van der Waals surface area contributed by atoms with Crippen LogP contribution in [0.4, 0.5) is 0 Å². The molecule has 6 heteroatoms. The Bertz CT molecular complexity index is 737.